The van der Waals surface area contributed by atoms with Crippen molar-refractivity contribution in [3.63, 3.8) is 0 Å². The number of fused-ring (bicyclic) bond motifs is 2. The first kappa shape index (κ1) is 22.6. The molecular formula is C29H23B2NO4. The zero-order valence-corrected chi connectivity index (χ0v) is 19.9. The van der Waals surface area contributed by atoms with Gasteiger partial charge in [0.2, 0.25) is 0 Å². The van der Waals surface area contributed by atoms with Crippen LogP contribution in [0.2, 0.25) is 0 Å². The van der Waals surface area contributed by atoms with Gasteiger partial charge >= 0.3 is 14.2 Å². The second-order valence-corrected chi connectivity index (χ2v) is 9.19. The van der Waals surface area contributed by atoms with E-state index in [1.807, 2.05) is 66.7 Å². The molecule has 2 aliphatic rings. The lowest BCUT2D eigenvalue weighted by atomic mass is 9.70. The van der Waals surface area contributed by atoms with E-state index in [4.69, 9.17) is 25.2 Å². The van der Waals surface area contributed by atoms with E-state index in [0.29, 0.717) is 18.9 Å². The number of hydrogen-bond donors (Lipinski definition) is 0. The maximum Gasteiger partial charge on any atom is 0.481 e. The molecule has 0 bridgehead atoms. The second-order valence-electron chi connectivity index (χ2n) is 9.19. The number of hydrogen-bond acceptors (Lipinski definition) is 4. The minimum absolute atomic E-state index is 0.466. The van der Waals surface area contributed by atoms with E-state index in [9.17, 15) is 0 Å². The molecule has 0 spiro atoms. The van der Waals surface area contributed by atoms with Crippen LogP contribution in [0.5, 0.6) is 11.5 Å². The average molecular weight is 471 g/mol. The van der Waals surface area contributed by atoms with Gasteiger partial charge in [-0.3, -0.25) is 0 Å². The number of nitrogens with zero attached hydrogens (tertiary/aromatic N) is 1. The Bertz CT molecular complexity index is 1450. The van der Waals surface area contributed by atoms with E-state index in [1.54, 1.807) is 0 Å². The standard InChI is InChI=1S/C29H23B2NO4/c1-20-3-10-26(11-4-20)35-27-12-14-29-24(17-27)19-34-31(29)36-30-28-13-7-22(16-23(28)18-33-30)15-21-5-8-25(32-2)9-6-21/h3-14,16-17H,15,18-19H2,1H3. The van der Waals surface area contributed by atoms with Gasteiger partial charge in [0.15, 0.2) is 5.69 Å². The number of ether oxygens (including phenoxy) is 1. The summed E-state index contributed by atoms with van der Waals surface area (Å²) in [6.07, 6.45) is 0.809. The van der Waals surface area contributed by atoms with E-state index in [1.165, 1.54) is 16.7 Å². The summed E-state index contributed by atoms with van der Waals surface area (Å²) >= 11 is 0. The van der Waals surface area contributed by atoms with Crippen molar-refractivity contribution in [2.75, 3.05) is 0 Å². The molecule has 7 heteroatoms. The summed E-state index contributed by atoms with van der Waals surface area (Å²) in [5.74, 6) is 1.59. The molecule has 5 nitrogen and oxygen atoms in total. The van der Waals surface area contributed by atoms with Crippen LogP contribution in [0.4, 0.5) is 5.69 Å². The fraction of sp³-hybridized carbons (Fsp3) is 0.138. The Morgan fingerprint density at radius 2 is 1.36 bits per heavy atom. The minimum Gasteiger partial charge on any atom is -0.457 e. The summed E-state index contributed by atoms with van der Waals surface area (Å²) in [5, 5.41) is 0. The molecule has 4 aromatic rings. The van der Waals surface area contributed by atoms with Gasteiger partial charge in [-0.05, 0) is 70.8 Å². The Balaban J connectivity index is 1.12. The van der Waals surface area contributed by atoms with Gasteiger partial charge in [-0.1, -0.05) is 66.2 Å². The van der Waals surface area contributed by atoms with Crippen LogP contribution < -0.4 is 15.7 Å². The normalized spacial score (nSPS) is 13.9. The summed E-state index contributed by atoms with van der Waals surface area (Å²) in [7, 11) is -0.948. The molecule has 0 N–H and O–H groups in total. The van der Waals surface area contributed by atoms with Crippen molar-refractivity contribution in [2.45, 2.75) is 26.6 Å². The van der Waals surface area contributed by atoms with Crippen molar-refractivity contribution in [3.05, 3.63) is 124 Å². The molecule has 0 unspecified atom stereocenters. The predicted octanol–water partition coefficient (Wildman–Crippen LogP) is 5.10. The lowest BCUT2D eigenvalue weighted by Crippen LogP contribution is -2.43. The van der Waals surface area contributed by atoms with Crippen LogP contribution in [-0.2, 0) is 33.5 Å². The van der Waals surface area contributed by atoms with Crippen LogP contribution in [0, 0.1) is 13.5 Å². The van der Waals surface area contributed by atoms with Gasteiger partial charge in [0.05, 0.1) is 19.8 Å². The summed E-state index contributed by atoms with van der Waals surface area (Å²) in [6.45, 7) is 10.1. The zero-order chi connectivity index (χ0) is 24.5. The van der Waals surface area contributed by atoms with E-state index < -0.39 is 14.2 Å². The van der Waals surface area contributed by atoms with Crippen LogP contribution in [0.15, 0.2) is 84.9 Å². The maximum absolute atomic E-state index is 7.10. The fourth-order valence-corrected chi connectivity index (χ4v) is 4.64. The highest BCUT2D eigenvalue weighted by atomic mass is 16.6. The van der Waals surface area contributed by atoms with E-state index in [-0.39, 0.29) is 0 Å². The van der Waals surface area contributed by atoms with Gasteiger partial charge in [-0.15, -0.1) is 0 Å². The Kier molecular flexibility index (Phi) is 6.08. The zero-order valence-electron chi connectivity index (χ0n) is 19.9. The first-order chi connectivity index (χ1) is 17.6. The highest BCUT2D eigenvalue weighted by Gasteiger charge is 2.39. The third kappa shape index (κ3) is 4.67. The lowest BCUT2D eigenvalue weighted by Gasteiger charge is -2.13. The van der Waals surface area contributed by atoms with E-state index >= 15 is 0 Å². The molecule has 2 heterocycles. The van der Waals surface area contributed by atoms with Crippen LogP contribution in [-0.4, -0.2) is 14.2 Å². The highest BCUT2D eigenvalue weighted by molar-refractivity contribution is 6.75. The molecule has 0 saturated carbocycles. The average Bonchev–Trinajstić information content (AvgIpc) is 3.49. The third-order valence-corrected chi connectivity index (χ3v) is 6.59. The smallest absolute Gasteiger partial charge is 0.457 e. The van der Waals surface area contributed by atoms with E-state index in [2.05, 4.69) is 30.0 Å². The molecule has 0 fully saturated rings. The molecule has 2 aliphatic heterocycles. The van der Waals surface area contributed by atoms with Crippen molar-refractivity contribution in [1.82, 2.24) is 0 Å². The van der Waals surface area contributed by atoms with Crippen molar-refractivity contribution in [1.29, 1.82) is 0 Å². The molecule has 0 radical (unpaired) electrons. The first-order valence-electron chi connectivity index (χ1n) is 12.0. The molecule has 0 saturated heterocycles. The lowest BCUT2D eigenvalue weighted by molar-refractivity contribution is 0.238. The quantitative estimate of drug-likeness (QED) is 0.290. The summed E-state index contributed by atoms with van der Waals surface area (Å²) in [6, 6.07) is 28.1. The molecule has 36 heavy (non-hydrogen) atoms. The van der Waals surface area contributed by atoms with Gasteiger partial charge in [0.1, 0.15) is 11.5 Å². The molecule has 6 rings (SSSR count). The number of aryl methyl sites for hydroxylation is 1. The molecule has 0 aliphatic carbocycles. The minimum atomic E-state index is -0.481. The number of rotatable bonds is 6. The van der Waals surface area contributed by atoms with Gasteiger partial charge in [-0.2, -0.15) is 0 Å². The Morgan fingerprint density at radius 3 is 2.06 bits per heavy atom. The molecule has 0 aromatic heterocycles. The molecule has 174 valence electrons. The van der Waals surface area contributed by atoms with Gasteiger partial charge in [0.25, 0.3) is 0 Å². The SMILES string of the molecule is [C-]#[N+]c1ccc(Cc2ccc3c(c2)COB3OB2OCc3cc(Oc4ccc(C)cc4)ccc32)cc1. The maximum atomic E-state index is 7.10. The molecule has 0 atom stereocenters. The second kappa shape index (κ2) is 9.67. The van der Waals surface area contributed by atoms with Gasteiger partial charge in [-0.25, -0.2) is 4.85 Å². The third-order valence-electron chi connectivity index (χ3n) is 6.59. The topological polar surface area (TPSA) is 41.3 Å². The molecule has 0 amide bonds. The monoisotopic (exact) mass is 471 g/mol. The summed E-state index contributed by atoms with van der Waals surface area (Å²) < 4.78 is 24.2. The van der Waals surface area contributed by atoms with Crippen LogP contribution in [0.25, 0.3) is 4.85 Å². The van der Waals surface area contributed by atoms with Gasteiger partial charge < -0.3 is 18.6 Å². The Morgan fingerprint density at radius 1 is 0.750 bits per heavy atom. The van der Waals surface area contributed by atoms with Crippen molar-refractivity contribution in [2.24, 2.45) is 0 Å². The summed E-state index contributed by atoms with van der Waals surface area (Å²) in [4.78, 5) is 3.46. The largest absolute Gasteiger partial charge is 0.481 e. The van der Waals surface area contributed by atoms with E-state index in [0.717, 1.165) is 40.0 Å². The molecular weight excluding hydrogens is 448 g/mol. The van der Waals surface area contributed by atoms with Crippen molar-refractivity contribution < 1.29 is 18.6 Å². The Hall–Kier alpha value is -3.82. The van der Waals surface area contributed by atoms with Gasteiger partial charge in [0, 0.05) is 0 Å². The predicted molar refractivity (Wildman–Crippen MR) is 141 cm³/mol. The highest BCUT2D eigenvalue weighted by Crippen LogP contribution is 2.25. The van der Waals surface area contributed by atoms with Crippen LogP contribution >= 0.6 is 0 Å². The van der Waals surface area contributed by atoms with Crippen molar-refractivity contribution in [3.8, 4) is 11.5 Å². The summed E-state index contributed by atoms with van der Waals surface area (Å²) in [5.41, 5.74) is 8.47. The fourth-order valence-electron chi connectivity index (χ4n) is 4.64. The first-order valence-corrected chi connectivity index (χ1v) is 12.0. The Labute approximate surface area is 211 Å². The van der Waals surface area contributed by atoms with Crippen molar-refractivity contribution >= 4 is 30.8 Å². The van der Waals surface area contributed by atoms with Crippen LogP contribution in [0.1, 0.15) is 27.8 Å². The van der Waals surface area contributed by atoms with Crippen LogP contribution in [0.3, 0.4) is 0 Å². The molecule has 4 aromatic carbocycles. The number of benzene rings is 4.